The van der Waals surface area contributed by atoms with Crippen molar-refractivity contribution >= 4 is 11.8 Å². The summed E-state index contributed by atoms with van der Waals surface area (Å²) in [5.74, 6) is 2.18. The molecule has 1 saturated heterocycles. The number of aromatic nitrogens is 4. The Hall–Kier alpha value is -2.08. The number of likely N-dealkylation sites (tertiary alicyclic amines) is 1. The molecule has 0 amide bonds. The van der Waals surface area contributed by atoms with Crippen LogP contribution in [0.5, 0.6) is 0 Å². The summed E-state index contributed by atoms with van der Waals surface area (Å²) in [6.45, 7) is 3.09. The maximum atomic E-state index is 4.62. The van der Waals surface area contributed by atoms with Crippen molar-refractivity contribution in [1.82, 2.24) is 24.8 Å². The van der Waals surface area contributed by atoms with E-state index in [1.54, 1.807) is 18.5 Å². The molecule has 1 fully saturated rings. The molecule has 1 N–H and O–H groups in total. The summed E-state index contributed by atoms with van der Waals surface area (Å²) in [5, 5.41) is 3.13. The first kappa shape index (κ1) is 12.9. The lowest BCUT2D eigenvalue weighted by molar-refractivity contribution is 0.305. The quantitative estimate of drug-likeness (QED) is 0.921. The van der Waals surface area contributed by atoms with E-state index in [0.29, 0.717) is 12.0 Å². The average Bonchev–Trinajstić information content (AvgIpc) is 2.85. The van der Waals surface area contributed by atoms with Gasteiger partial charge in [-0.05, 0) is 39.4 Å². The van der Waals surface area contributed by atoms with Crippen LogP contribution < -0.4 is 5.32 Å². The van der Waals surface area contributed by atoms with E-state index in [9.17, 15) is 0 Å². The van der Waals surface area contributed by atoms with Gasteiger partial charge in [0.25, 0.3) is 0 Å². The number of nitrogens with one attached hydrogen (secondary N) is 1. The van der Waals surface area contributed by atoms with E-state index in [0.717, 1.165) is 30.3 Å². The highest BCUT2D eigenvalue weighted by molar-refractivity contribution is 5.47. The van der Waals surface area contributed by atoms with Crippen molar-refractivity contribution in [1.29, 1.82) is 0 Å². The molecular weight excluding hydrogens is 252 g/mol. The molecule has 0 aliphatic carbocycles. The smallest absolute Gasteiger partial charge is 0.228 e. The van der Waals surface area contributed by atoms with Gasteiger partial charge in [-0.15, -0.1) is 0 Å². The van der Waals surface area contributed by atoms with E-state index in [1.807, 2.05) is 13.0 Å². The van der Waals surface area contributed by atoms with Gasteiger partial charge in [-0.3, -0.25) is 4.90 Å². The number of hydrogen-bond donors (Lipinski definition) is 1. The minimum atomic E-state index is 0.312. The zero-order valence-corrected chi connectivity index (χ0v) is 11.7. The van der Waals surface area contributed by atoms with Gasteiger partial charge in [0.2, 0.25) is 5.95 Å². The molecule has 6 heteroatoms. The fraction of sp³-hybridized carbons (Fsp3) is 0.429. The molecule has 6 nitrogen and oxygen atoms in total. The Morgan fingerprint density at radius 3 is 2.75 bits per heavy atom. The molecule has 1 aliphatic rings. The van der Waals surface area contributed by atoms with Gasteiger partial charge in [-0.25, -0.2) is 19.9 Å². The van der Waals surface area contributed by atoms with Crippen LogP contribution in [0.25, 0.3) is 0 Å². The molecule has 3 rings (SSSR count). The predicted octanol–water partition coefficient (Wildman–Crippen LogP) is 2.09. The number of nitrogens with zero attached hydrogens (tertiary/aromatic N) is 5. The summed E-state index contributed by atoms with van der Waals surface area (Å²) in [6.07, 6.45) is 5.72. The summed E-state index contributed by atoms with van der Waals surface area (Å²) in [6, 6.07) is 4.01. The van der Waals surface area contributed by atoms with Crippen LogP contribution in [0.15, 0.2) is 24.5 Å². The molecule has 0 spiro atoms. The van der Waals surface area contributed by atoms with Crippen molar-refractivity contribution in [2.75, 3.05) is 18.9 Å². The molecule has 20 heavy (non-hydrogen) atoms. The first-order chi connectivity index (χ1) is 9.72. The van der Waals surface area contributed by atoms with Crippen molar-refractivity contribution in [2.24, 2.45) is 0 Å². The predicted molar refractivity (Wildman–Crippen MR) is 76.7 cm³/mol. The highest BCUT2D eigenvalue weighted by Gasteiger charge is 2.25. The largest absolute Gasteiger partial charge is 0.309 e. The van der Waals surface area contributed by atoms with Crippen molar-refractivity contribution in [3.63, 3.8) is 0 Å². The van der Waals surface area contributed by atoms with Crippen molar-refractivity contribution in [3.8, 4) is 0 Å². The molecule has 1 atom stereocenters. The summed E-state index contributed by atoms with van der Waals surface area (Å²) >= 11 is 0. The van der Waals surface area contributed by atoms with Gasteiger partial charge in [-0.2, -0.15) is 0 Å². The first-order valence-electron chi connectivity index (χ1n) is 6.82. The van der Waals surface area contributed by atoms with Crippen LogP contribution in [-0.4, -0.2) is 38.4 Å². The Morgan fingerprint density at radius 1 is 1.25 bits per heavy atom. The lowest BCUT2D eigenvalue weighted by Crippen LogP contribution is -2.20. The van der Waals surface area contributed by atoms with Crippen molar-refractivity contribution < 1.29 is 0 Å². The number of aryl methyl sites for hydroxylation is 1. The Balaban J connectivity index is 1.87. The summed E-state index contributed by atoms with van der Waals surface area (Å²) in [4.78, 5) is 19.8. The molecular formula is C14H18N6. The molecule has 3 heterocycles. The highest BCUT2D eigenvalue weighted by atomic mass is 15.2. The van der Waals surface area contributed by atoms with Gasteiger partial charge in [-0.1, -0.05) is 0 Å². The van der Waals surface area contributed by atoms with E-state index >= 15 is 0 Å². The molecule has 1 aliphatic heterocycles. The minimum Gasteiger partial charge on any atom is -0.309 e. The molecule has 0 aromatic carbocycles. The molecule has 0 unspecified atom stereocenters. The van der Waals surface area contributed by atoms with Crippen LogP contribution in [0.2, 0.25) is 0 Å². The van der Waals surface area contributed by atoms with Gasteiger partial charge in [0, 0.05) is 24.2 Å². The number of hydrogen-bond acceptors (Lipinski definition) is 6. The maximum Gasteiger partial charge on any atom is 0.228 e. The highest BCUT2D eigenvalue weighted by Crippen LogP contribution is 2.28. The molecule has 2 aromatic heterocycles. The monoisotopic (exact) mass is 270 g/mol. The van der Waals surface area contributed by atoms with Gasteiger partial charge in [0.1, 0.15) is 11.6 Å². The third kappa shape index (κ3) is 2.75. The third-order valence-corrected chi connectivity index (χ3v) is 3.50. The van der Waals surface area contributed by atoms with Crippen molar-refractivity contribution in [3.05, 3.63) is 36.0 Å². The molecule has 104 valence electrons. The van der Waals surface area contributed by atoms with Gasteiger partial charge in [0.05, 0.1) is 6.04 Å². The Bertz CT molecular complexity index is 585. The fourth-order valence-electron chi connectivity index (χ4n) is 2.52. The topological polar surface area (TPSA) is 66.8 Å². The standard InChI is InChI=1S/C14H18N6/c1-10-9-12(19-14-15-6-4-7-16-14)18-13(17-10)11-5-3-8-20(11)2/h4,6-7,9,11H,3,5,8H2,1-2H3,(H,15,16,17,18,19)/t11-/m0/s1. The lowest BCUT2D eigenvalue weighted by Gasteiger charge is -2.18. The SMILES string of the molecule is Cc1cc(Nc2ncccn2)nc([C@@H]2CCCN2C)n1. The van der Waals surface area contributed by atoms with Crippen LogP contribution in [0, 0.1) is 6.92 Å². The molecule has 0 radical (unpaired) electrons. The summed E-state index contributed by atoms with van der Waals surface area (Å²) in [7, 11) is 2.12. The van der Waals surface area contributed by atoms with Gasteiger partial charge >= 0.3 is 0 Å². The number of rotatable bonds is 3. The minimum absolute atomic E-state index is 0.312. The van der Waals surface area contributed by atoms with E-state index < -0.39 is 0 Å². The van der Waals surface area contributed by atoms with Crippen LogP contribution in [0.3, 0.4) is 0 Å². The normalized spacial score (nSPS) is 19.2. The second kappa shape index (κ2) is 5.50. The van der Waals surface area contributed by atoms with E-state index in [1.165, 1.54) is 6.42 Å². The molecule has 0 saturated carbocycles. The molecule has 0 bridgehead atoms. The fourth-order valence-corrected chi connectivity index (χ4v) is 2.52. The summed E-state index contributed by atoms with van der Waals surface area (Å²) in [5.41, 5.74) is 0.953. The van der Waals surface area contributed by atoms with Crippen LogP contribution in [0.1, 0.15) is 30.4 Å². The zero-order chi connectivity index (χ0) is 13.9. The van der Waals surface area contributed by atoms with Crippen molar-refractivity contribution in [2.45, 2.75) is 25.8 Å². The van der Waals surface area contributed by atoms with Crippen LogP contribution >= 0.6 is 0 Å². The summed E-state index contributed by atoms with van der Waals surface area (Å²) < 4.78 is 0. The number of anilines is 2. The van der Waals surface area contributed by atoms with Gasteiger partial charge < -0.3 is 5.32 Å². The maximum absolute atomic E-state index is 4.62. The van der Waals surface area contributed by atoms with Crippen LogP contribution in [0.4, 0.5) is 11.8 Å². The van der Waals surface area contributed by atoms with E-state index in [2.05, 4.69) is 37.2 Å². The van der Waals surface area contributed by atoms with E-state index in [4.69, 9.17) is 0 Å². The lowest BCUT2D eigenvalue weighted by atomic mass is 10.2. The Kier molecular flexibility index (Phi) is 3.56. The Labute approximate surface area is 118 Å². The zero-order valence-electron chi connectivity index (χ0n) is 11.7. The Morgan fingerprint density at radius 2 is 2.05 bits per heavy atom. The third-order valence-electron chi connectivity index (χ3n) is 3.50. The first-order valence-corrected chi connectivity index (χ1v) is 6.82. The average molecular weight is 270 g/mol. The van der Waals surface area contributed by atoms with Crippen LogP contribution in [-0.2, 0) is 0 Å². The second-order valence-electron chi connectivity index (χ2n) is 5.09. The van der Waals surface area contributed by atoms with Gasteiger partial charge in [0.15, 0.2) is 0 Å². The second-order valence-corrected chi connectivity index (χ2v) is 5.09. The van der Waals surface area contributed by atoms with E-state index in [-0.39, 0.29) is 0 Å². The molecule has 2 aromatic rings.